The monoisotopic (exact) mass is 260 g/mol. The predicted molar refractivity (Wildman–Crippen MR) is 72.8 cm³/mol. The number of para-hydroxylation sites is 1. The zero-order chi connectivity index (χ0) is 13.5. The first-order valence-corrected chi connectivity index (χ1v) is 6.34. The molecule has 0 aliphatic carbocycles. The van der Waals surface area contributed by atoms with Gasteiger partial charge in [-0.05, 0) is 36.2 Å². The summed E-state index contributed by atoms with van der Waals surface area (Å²) >= 11 is 0. The second-order valence-electron chi connectivity index (χ2n) is 4.38. The molecule has 0 aliphatic heterocycles. The molecule has 0 bridgehead atoms. The highest BCUT2D eigenvalue weighted by molar-refractivity contribution is 5.22. The Hall–Kier alpha value is -1.87. The Morgan fingerprint density at radius 2 is 1.68 bits per heavy atom. The topological polar surface area (TPSA) is 29.5 Å². The van der Waals surface area contributed by atoms with Gasteiger partial charge >= 0.3 is 0 Å². The lowest BCUT2D eigenvalue weighted by Crippen LogP contribution is -2.09. The Labute approximate surface area is 112 Å². The number of ether oxygens (including phenoxy) is 1. The van der Waals surface area contributed by atoms with Crippen molar-refractivity contribution in [1.29, 1.82) is 0 Å². The maximum atomic E-state index is 12.8. The largest absolute Gasteiger partial charge is 0.494 e. The highest BCUT2D eigenvalue weighted by Gasteiger charge is 2.10. The average molecular weight is 260 g/mol. The van der Waals surface area contributed by atoms with Crippen LogP contribution in [0, 0.1) is 5.82 Å². The van der Waals surface area contributed by atoms with Crippen molar-refractivity contribution >= 4 is 0 Å². The summed E-state index contributed by atoms with van der Waals surface area (Å²) in [4.78, 5) is 0. The molecule has 2 aromatic carbocycles. The third-order valence-corrected chi connectivity index (χ3v) is 3.04. The van der Waals surface area contributed by atoms with Gasteiger partial charge in [-0.15, -0.1) is 0 Å². The van der Waals surface area contributed by atoms with Gasteiger partial charge in [-0.2, -0.15) is 0 Å². The quantitative estimate of drug-likeness (QED) is 0.863. The molecule has 2 rings (SSSR count). The molecule has 0 aliphatic rings. The van der Waals surface area contributed by atoms with Gasteiger partial charge < -0.3 is 9.84 Å². The molecule has 2 aromatic rings. The first kappa shape index (κ1) is 13.6. The number of aliphatic hydroxyl groups excluding tert-OH is 1. The van der Waals surface area contributed by atoms with Crippen molar-refractivity contribution in [3.05, 3.63) is 66.0 Å². The van der Waals surface area contributed by atoms with E-state index in [-0.39, 0.29) is 18.3 Å². The fourth-order valence-corrected chi connectivity index (χ4v) is 1.93. The molecule has 0 radical (unpaired) electrons. The van der Waals surface area contributed by atoms with Crippen molar-refractivity contribution in [2.75, 3.05) is 13.2 Å². The van der Waals surface area contributed by atoms with Crippen LogP contribution < -0.4 is 4.74 Å². The number of hydrogen-bond acceptors (Lipinski definition) is 2. The van der Waals surface area contributed by atoms with Crippen LogP contribution in [0.15, 0.2) is 54.6 Å². The van der Waals surface area contributed by atoms with E-state index in [9.17, 15) is 9.50 Å². The van der Waals surface area contributed by atoms with Crippen LogP contribution in [0.3, 0.4) is 0 Å². The van der Waals surface area contributed by atoms with Gasteiger partial charge in [-0.25, -0.2) is 4.39 Å². The molecule has 0 fully saturated rings. The normalized spacial score (nSPS) is 12.1. The summed E-state index contributed by atoms with van der Waals surface area (Å²) in [5, 5.41) is 9.40. The van der Waals surface area contributed by atoms with E-state index in [4.69, 9.17) is 4.74 Å². The lowest BCUT2D eigenvalue weighted by Gasteiger charge is -2.15. The molecule has 0 saturated heterocycles. The van der Waals surface area contributed by atoms with Gasteiger partial charge in [0.25, 0.3) is 0 Å². The molecule has 1 N–H and O–H groups in total. The summed E-state index contributed by atoms with van der Waals surface area (Å²) in [5.41, 5.74) is 0.931. The average Bonchev–Trinajstić information content (AvgIpc) is 2.46. The molecule has 0 amide bonds. The molecule has 0 spiro atoms. The molecule has 0 aromatic heterocycles. The first-order chi connectivity index (χ1) is 9.29. The molecular weight excluding hydrogens is 243 g/mol. The van der Waals surface area contributed by atoms with E-state index in [1.807, 2.05) is 30.3 Å². The van der Waals surface area contributed by atoms with Crippen molar-refractivity contribution in [3.63, 3.8) is 0 Å². The maximum Gasteiger partial charge on any atom is 0.123 e. The molecule has 19 heavy (non-hydrogen) atoms. The summed E-state index contributed by atoms with van der Waals surface area (Å²) in [6.07, 6.45) is 0.691. The van der Waals surface area contributed by atoms with Gasteiger partial charge in [0.2, 0.25) is 0 Å². The van der Waals surface area contributed by atoms with Crippen molar-refractivity contribution < 1.29 is 14.2 Å². The zero-order valence-electron chi connectivity index (χ0n) is 10.6. The van der Waals surface area contributed by atoms with Crippen LogP contribution in [0.25, 0.3) is 0 Å². The Morgan fingerprint density at radius 3 is 2.32 bits per heavy atom. The summed E-state index contributed by atoms with van der Waals surface area (Å²) in [5.74, 6) is 0.531. The van der Waals surface area contributed by atoms with E-state index in [0.29, 0.717) is 13.0 Å². The molecule has 0 saturated carbocycles. The third-order valence-electron chi connectivity index (χ3n) is 3.04. The van der Waals surface area contributed by atoms with Gasteiger partial charge in [0.05, 0.1) is 13.2 Å². The first-order valence-electron chi connectivity index (χ1n) is 6.34. The predicted octanol–water partition coefficient (Wildman–Crippen LogP) is 3.37. The van der Waals surface area contributed by atoms with Crippen LogP contribution >= 0.6 is 0 Å². The van der Waals surface area contributed by atoms with Gasteiger partial charge in [0.15, 0.2) is 0 Å². The number of benzene rings is 2. The molecule has 3 heteroatoms. The van der Waals surface area contributed by atoms with Crippen molar-refractivity contribution in [3.8, 4) is 5.75 Å². The Kier molecular flexibility index (Phi) is 4.93. The number of aliphatic hydroxyl groups is 1. The van der Waals surface area contributed by atoms with E-state index < -0.39 is 0 Å². The Balaban J connectivity index is 1.87. The third kappa shape index (κ3) is 4.07. The standard InChI is InChI=1S/C16H17FO2/c17-15-8-6-13(7-9-15)14(12-18)10-11-19-16-4-2-1-3-5-16/h1-9,14,18H,10-12H2. The summed E-state index contributed by atoms with van der Waals surface area (Å²) in [6, 6.07) is 15.8. The second-order valence-corrected chi connectivity index (χ2v) is 4.38. The smallest absolute Gasteiger partial charge is 0.123 e. The minimum Gasteiger partial charge on any atom is -0.494 e. The van der Waals surface area contributed by atoms with Crippen molar-refractivity contribution in [1.82, 2.24) is 0 Å². The van der Waals surface area contributed by atoms with Crippen LogP contribution in [0.4, 0.5) is 4.39 Å². The minimum absolute atomic E-state index is 0.0238. The summed E-state index contributed by atoms with van der Waals surface area (Å²) in [7, 11) is 0. The van der Waals surface area contributed by atoms with E-state index in [1.54, 1.807) is 12.1 Å². The van der Waals surface area contributed by atoms with Crippen LogP contribution in [-0.4, -0.2) is 18.3 Å². The number of halogens is 1. The molecule has 1 atom stereocenters. The molecule has 100 valence electrons. The minimum atomic E-state index is -0.263. The van der Waals surface area contributed by atoms with Gasteiger partial charge in [-0.1, -0.05) is 30.3 Å². The van der Waals surface area contributed by atoms with E-state index in [2.05, 4.69) is 0 Å². The molecular formula is C16H17FO2. The van der Waals surface area contributed by atoms with Gasteiger partial charge in [-0.3, -0.25) is 0 Å². The molecule has 2 nitrogen and oxygen atoms in total. The Bertz CT molecular complexity index is 482. The fourth-order valence-electron chi connectivity index (χ4n) is 1.93. The number of rotatable bonds is 6. The molecule has 1 unspecified atom stereocenters. The lowest BCUT2D eigenvalue weighted by atomic mass is 9.97. The van der Waals surface area contributed by atoms with E-state index in [1.165, 1.54) is 12.1 Å². The summed E-state index contributed by atoms with van der Waals surface area (Å²) < 4.78 is 18.4. The molecule has 0 heterocycles. The summed E-state index contributed by atoms with van der Waals surface area (Å²) in [6.45, 7) is 0.552. The van der Waals surface area contributed by atoms with Crippen molar-refractivity contribution in [2.45, 2.75) is 12.3 Å². The van der Waals surface area contributed by atoms with Crippen LogP contribution in [-0.2, 0) is 0 Å². The maximum absolute atomic E-state index is 12.8. The van der Waals surface area contributed by atoms with Crippen LogP contribution in [0.2, 0.25) is 0 Å². The lowest BCUT2D eigenvalue weighted by molar-refractivity contribution is 0.229. The van der Waals surface area contributed by atoms with E-state index >= 15 is 0 Å². The Morgan fingerprint density at radius 1 is 1.00 bits per heavy atom. The van der Waals surface area contributed by atoms with Gasteiger partial charge in [0, 0.05) is 5.92 Å². The fraction of sp³-hybridized carbons (Fsp3) is 0.250. The van der Waals surface area contributed by atoms with Crippen LogP contribution in [0.5, 0.6) is 5.75 Å². The van der Waals surface area contributed by atoms with Gasteiger partial charge in [0.1, 0.15) is 11.6 Å². The second kappa shape index (κ2) is 6.90. The van der Waals surface area contributed by atoms with E-state index in [0.717, 1.165) is 11.3 Å². The SMILES string of the molecule is OCC(CCOc1ccccc1)c1ccc(F)cc1. The van der Waals surface area contributed by atoms with Crippen LogP contribution in [0.1, 0.15) is 17.9 Å². The highest BCUT2D eigenvalue weighted by Crippen LogP contribution is 2.20. The van der Waals surface area contributed by atoms with Crippen molar-refractivity contribution in [2.24, 2.45) is 0 Å². The number of hydrogen-bond donors (Lipinski definition) is 1. The zero-order valence-corrected chi connectivity index (χ0v) is 10.6. The highest BCUT2D eigenvalue weighted by atomic mass is 19.1.